The van der Waals surface area contributed by atoms with Crippen molar-refractivity contribution in [1.82, 2.24) is 10.6 Å². The Labute approximate surface area is 126 Å². The molecule has 0 spiro atoms. The lowest BCUT2D eigenvalue weighted by Crippen LogP contribution is -2.45. The number of benzene rings is 1. The fourth-order valence-corrected chi connectivity index (χ4v) is 2.24. The highest BCUT2D eigenvalue weighted by atomic mass is 16.2. The summed E-state index contributed by atoms with van der Waals surface area (Å²) < 4.78 is 0. The minimum Gasteiger partial charge on any atom is -0.355 e. The number of amides is 2. The molecule has 0 saturated heterocycles. The molecule has 0 atom stereocenters. The Morgan fingerprint density at radius 2 is 1.71 bits per heavy atom. The van der Waals surface area contributed by atoms with Crippen LogP contribution in [0.1, 0.15) is 42.6 Å². The van der Waals surface area contributed by atoms with Gasteiger partial charge in [-0.2, -0.15) is 0 Å². The fourth-order valence-electron chi connectivity index (χ4n) is 2.24. The van der Waals surface area contributed by atoms with Crippen molar-refractivity contribution in [2.75, 3.05) is 13.6 Å². The van der Waals surface area contributed by atoms with Crippen LogP contribution in [0.5, 0.6) is 0 Å². The van der Waals surface area contributed by atoms with Crippen LogP contribution in [-0.4, -0.2) is 25.4 Å². The molecule has 0 fully saturated rings. The topological polar surface area (TPSA) is 84.2 Å². The quantitative estimate of drug-likeness (QED) is 0.710. The van der Waals surface area contributed by atoms with E-state index in [1.54, 1.807) is 19.2 Å². The molecule has 0 saturated carbocycles. The van der Waals surface area contributed by atoms with Crippen LogP contribution in [0.2, 0.25) is 0 Å². The van der Waals surface area contributed by atoms with Crippen LogP contribution in [-0.2, 0) is 11.3 Å². The maximum absolute atomic E-state index is 12.3. The van der Waals surface area contributed by atoms with Gasteiger partial charge in [-0.1, -0.05) is 26.0 Å². The lowest BCUT2D eigenvalue weighted by molar-refractivity contribution is -0.131. The monoisotopic (exact) mass is 291 g/mol. The molecule has 0 aliphatic carbocycles. The molecule has 1 rings (SSSR count). The Kier molecular flexibility index (Phi) is 6.37. The van der Waals surface area contributed by atoms with Crippen LogP contribution in [0, 0.1) is 5.41 Å². The molecule has 0 aliphatic rings. The summed E-state index contributed by atoms with van der Waals surface area (Å²) >= 11 is 0. The minimum atomic E-state index is -0.484. The zero-order valence-electron chi connectivity index (χ0n) is 13.0. The Bertz CT molecular complexity index is 471. The van der Waals surface area contributed by atoms with Crippen molar-refractivity contribution in [1.29, 1.82) is 0 Å². The molecule has 21 heavy (non-hydrogen) atoms. The van der Waals surface area contributed by atoms with Gasteiger partial charge in [0.05, 0.1) is 5.41 Å². The van der Waals surface area contributed by atoms with Gasteiger partial charge in [0.2, 0.25) is 5.91 Å². The molecule has 4 N–H and O–H groups in total. The van der Waals surface area contributed by atoms with E-state index in [4.69, 9.17) is 5.73 Å². The molecular weight excluding hydrogens is 266 g/mol. The number of nitrogens with two attached hydrogens (primary N) is 1. The molecule has 5 nitrogen and oxygen atoms in total. The summed E-state index contributed by atoms with van der Waals surface area (Å²) in [6.07, 6.45) is 1.45. The highest BCUT2D eigenvalue weighted by Gasteiger charge is 2.32. The standard InChI is InChI=1S/C16H25N3O2/c1-4-16(5-2,11-17)15(21)19-10-12-6-8-13(9-7-12)14(20)18-3/h6-9H,4-5,10-11,17H2,1-3H3,(H,18,20)(H,19,21). The van der Waals surface area contributed by atoms with E-state index in [2.05, 4.69) is 10.6 Å². The first-order valence-electron chi connectivity index (χ1n) is 7.32. The number of rotatable bonds is 7. The lowest BCUT2D eigenvalue weighted by Gasteiger charge is -2.28. The van der Waals surface area contributed by atoms with Crippen LogP contribution < -0.4 is 16.4 Å². The first-order valence-corrected chi connectivity index (χ1v) is 7.32. The number of carbonyl (C=O) groups is 2. The molecule has 0 bridgehead atoms. The van der Waals surface area contributed by atoms with Gasteiger partial charge in [-0.3, -0.25) is 9.59 Å². The van der Waals surface area contributed by atoms with Crippen molar-refractivity contribution < 1.29 is 9.59 Å². The van der Waals surface area contributed by atoms with Crippen molar-refractivity contribution in [3.63, 3.8) is 0 Å². The third-order valence-corrected chi connectivity index (χ3v) is 4.12. The van der Waals surface area contributed by atoms with Crippen molar-refractivity contribution in [2.24, 2.45) is 11.1 Å². The lowest BCUT2D eigenvalue weighted by atomic mass is 9.81. The van der Waals surface area contributed by atoms with Crippen molar-refractivity contribution >= 4 is 11.8 Å². The van der Waals surface area contributed by atoms with Crippen molar-refractivity contribution in [3.8, 4) is 0 Å². The predicted octanol–water partition coefficient (Wildman–Crippen LogP) is 1.43. The third kappa shape index (κ3) is 4.04. The molecule has 0 aliphatic heterocycles. The zero-order valence-corrected chi connectivity index (χ0v) is 13.0. The molecule has 1 aromatic carbocycles. The molecule has 5 heteroatoms. The first-order chi connectivity index (χ1) is 10.0. The summed E-state index contributed by atoms with van der Waals surface area (Å²) in [5.41, 5.74) is 6.83. The highest BCUT2D eigenvalue weighted by Crippen LogP contribution is 2.25. The fraction of sp³-hybridized carbons (Fsp3) is 0.500. The second-order valence-corrected chi connectivity index (χ2v) is 5.15. The van der Waals surface area contributed by atoms with Gasteiger partial charge in [0.15, 0.2) is 0 Å². The number of nitrogens with one attached hydrogen (secondary N) is 2. The molecule has 0 radical (unpaired) electrons. The largest absolute Gasteiger partial charge is 0.355 e. The van der Waals surface area contributed by atoms with Gasteiger partial charge in [0.25, 0.3) is 5.91 Å². The summed E-state index contributed by atoms with van der Waals surface area (Å²) in [6.45, 7) is 4.75. The average molecular weight is 291 g/mol. The Morgan fingerprint density at radius 3 is 2.14 bits per heavy atom. The van der Waals surface area contributed by atoms with Crippen LogP contribution in [0.25, 0.3) is 0 Å². The highest BCUT2D eigenvalue weighted by molar-refractivity contribution is 5.93. The summed E-state index contributed by atoms with van der Waals surface area (Å²) in [6, 6.07) is 7.17. The molecule has 0 heterocycles. The second kappa shape index (κ2) is 7.78. The van der Waals surface area contributed by atoms with Crippen LogP contribution in [0.3, 0.4) is 0 Å². The van der Waals surface area contributed by atoms with Gasteiger partial charge in [-0.15, -0.1) is 0 Å². The summed E-state index contributed by atoms with van der Waals surface area (Å²) in [5, 5.41) is 5.51. The van der Waals surface area contributed by atoms with Crippen LogP contribution >= 0.6 is 0 Å². The van der Waals surface area contributed by atoms with E-state index in [-0.39, 0.29) is 11.8 Å². The van der Waals surface area contributed by atoms with Gasteiger partial charge >= 0.3 is 0 Å². The SMILES string of the molecule is CCC(CC)(CN)C(=O)NCc1ccc(C(=O)NC)cc1. The van der Waals surface area contributed by atoms with E-state index in [0.717, 1.165) is 18.4 Å². The molecule has 2 amide bonds. The van der Waals surface area contributed by atoms with Crippen LogP contribution in [0.15, 0.2) is 24.3 Å². The van der Waals surface area contributed by atoms with Crippen molar-refractivity contribution in [3.05, 3.63) is 35.4 Å². The van der Waals surface area contributed by atoms with Gasteiger partial charge in [-0.05, 0) is 30.5 Å². The number of carbonyl (C=O) groups excluding carboxylic acids is 2. The predicted molar refractivity (Wildman–Crippen MR) is 83.7 cm³/mol. The van der Waals surface area contributed by atoms with Crippen molar-refractivity contribution in [2.45, 2.75) is 33.2 Å². The first kappa shape index (κ1) is 17.2. The smallest absolute Gasteiger partial charge is 0.251 e. The minimum absolute atomic E-state index is 0.00891. The molecular formula is C16H25N3O2. The molecule has 0 aromatic heterocycles. The summed E-state index contributed by atoms with van der Waals surface area (Å²) in [7, 11) is 1.60. The van der Waals surface area contributed by atoms with E-state index in [9.17, 15) is 9.59 Å². The van der Waals surface area contributed by atoms with E-state index >= 15 is 0 Å². The molecule has 116 valence electrons. The van der Waals surface area contributed by atoms with Gasteiger partial charge < -0.3 is 16.4 Å². The third-order valence-electron chi connectivity index (χ3n) is 4.12. The number of hydrogen-bond acceptors (Lipinski definition) is 3. The van der Waals surface area contributed by atoms with Crippen LogP contribution in [0.4, 0.5) is 0 Å². The Morgan fingerprint density at radius 1 is 1.14 bits per heavy atom. The summed E-state index contributed by atoms with van der Waals surface area (Å²) in [4.78, 5) is 23.7. The van der Waals surface area contributed by atoms with Gasteiger partial charge in [0, 0.05) is 25.7 Å². The maximum atomic E-state index is 12.3. The Balaban J connectivity index is 2.67. The normalized spacial score (nSPS) is 11.0. The summed E-state index contributed by atoms with van der Waals surface area (Å²) in [5.74, 6) is -0.130. The maximum Gasteiger partial charge on any atom is 0.251 e. The van der Waals surface area contributed by atoms with E-state index in [1.807, 2.05) is 26.0 Å². The molecule has 0 unspecified atom stereocenters. The zero-order chi connectivity index (χ0) is 15.9. The Hall–Kier alpha value is -1.88. The molecule has 1 aromatic rings. The van der Waals surface area contributed by atoms with E-state index in [0.29, 0.717) is 18.7 Å². The van der Waals surface area contributed by atoms with Gasteiger partial charge in [0.1, 0.15) is 0 Å². The van der Waals surface area contributed by atoms with Gasteiger partial charge in [-0.25, -0.2) is 0 Å². The average Bonchev–Trinajstić information content (AvgIpc) is 2.54. The number of hydrogen-bond donors (Lipinski definition) is 3. The van der Waals surface area contributed by atoms with E-state index < -0.39 is 5.41 Å². The van der Waals surface area contributed by atoms with E-state index in [1.165, 1.54) is 0 Å². The second-order valence-electron chi connectivity index (χ2n) is 5.15.